The van der Waals surface area contributed by atoms with Crippen molar-refractivity contribution in [2.75, 3.05) is 6.54 Å². The second kappa shape index (κ2) is 6.43. The van der Waals surface area contributed by atoms with Gasteiger partial charge in [-0.05, 0) is 32.7 Å². The van der Waals surface area contributed by atoms with Gasteiger partial charge in [-0.3, -0.25) is 4.90 Å². The molecule has 1 aliphatic rings. The molecule has 3 rings (SSSR count). The van der Waals surface area contributed by atoms with E-state index in [0.29, 0.717) is 6.04 Å². The fourth-order valence-electron chi connectivity index (χ4n) is 3.18. The van der Waals surface area contributed by atoms with Crippen LogP contribution in [0.5, 0.6) is 0 Å². The van der Waals surface area contributed by atoms with Crippen LogP contribution in [0, 0.1) is 6.92 Å². The van der Waals surface area contributed by atoms with Gasteiger partial charge in [0, 0.05) is 25.0 Å². The molecule has 0 amide bonds. The number of likely N-dealkylation sites (tertiary alicyclic amines) is 1. The van der Waals surface area contributed by atoms with E-state index in [9.17, 15) is 0 Å². The minimum atomic E-state index is 0.364. The lowest BCUT2D eigenvalue weighted by molar-refractivity contribution is 0.129. The first-order valence-electron chi connectivity index (χ1n) is 7.95. The van der Waals surface area contributed by atoms with Crippen molar-refractivity contribution in [3.05, 3.63) is 35.7 Å². The smallest absolute Gasteiger partial charge is 0.133 e. The van der Waals surface area contributed by atoms with Crippen LogP contribution in [0.2, 0.25) is 0 Å². The second-order valence-corrected chi connectivity index (χ2v) is 5.88. The van der Waals surface area contributed by atoms with E-state index < -0.39 is 0 Å². The first-order valence-corrected chi connectivity index (χ1v) is 7.95. The number of hydrogen-bond acceptors (Lipinski definition) is 4. The number of hydrogen-bond donors (Lipinski definition) is 0. The van der Waals surface area contributed by atoms with E-state index >= 15 is 0 Å². The van der Waals surface area contributed by atoms with Crippen molar-refractivity contribution >= 4 is 0 Å². The lowest BCUT2D eigenvalue weighted by Crippen LogP contribution is -2.34. The summed E-state index contributed by atoms with van der Waals surface area (Å²) >= 11 is 0. The van der Waals surface area contributed by atoms with E-state index in [1.54, 1.807) is 0 Å². The summed E-state index contributed by atoms with van der Waals surface area (Å²) in [7, 11) is 0. The van der Waals surface area contributed by atoms with Gasteiger partial charge >= 0.3 is 0 Å². The van der Waals surface area contributed by atoms with E-state index in [-0.39, 0.29) is 0 Å². The Bertz CT molecular complexity index is 574. The molecule has 114 valence electrons. The molecule has 0 radical (unpaired) electrons. The lowest BCUT2D eigenvalue weighted by Gasteiger charge is -2.34. The maximum absolute atomic E-state index is 5.27. The molecule has 1 atom stereocenters. The Kier molecular flexibility index (Phi) is 4.39. The first kappa shape index (κ1) is 14.3. The molecular formula is C16H24N4O. The zero-order valence-electron chi connectivity index (χ0n) is 13.0. The quantitative estimate of drug-likeness (QED) is 0.847. The molecule has 3 heterocycles. The van der Waals surface area contributed by atoms with Crippen molar-refractivity contribution in [1.29, 1.82) is 0 Å². The summed E-state index contributed by atoms with van der Waals surface area (Å²) in [5.74, 6) is 2.05. The molecule has 5 heteroatoms. The minimum absolute atomic E-state index is 0.364. The Balaban J connectivity index is 1.76. The van der Waals surface area contributed by atoms with Gasteiger partial charge in [0.2, 0.25) is 0 Å². The summed E-state index contributed by atoms with van der Waals surface area (Å²) in [5, 5.41) is 4.23. The van der Waals surface area contributed by atoms with Crippen LogP contribution in [0.1, 0.15) is 55.9 Å². The Morgan fingerprint density at radius 3 is 3.05 bits per heavy atom. The second-order valence-electron chi connectivity index (χ2n) is 5.88. The van der Waals surface area contributed by atoms with Crippen molar-refractivity contribution in [3.63, 3.8) is 0 Å². The molecule has 5 nitrogen and oxygen atoms in total. The third-order valence-electron chi connectivity index (χ3n) is 4.21. The van der Waals surface area contributed by atoms with Crippen molar-refractivity contribution in [2.24, 2.45) is 0 Å². The van der Waals surface area contributed by atoms with Crippen LogP contribution in [-0.2, 0) is 13.1 Å². The van der Waals surface area contributed by atoms with Gasteiger partial charge < -0.3 is 9.09 Å². The number of aryl methyl sites for hydroxylation is 2. The van der Waals surface area contributed by atoms with Crippen LogP contribution < -0.4 is 0 Å². The molecule has 0 saturated carbocycles. The summed E-state index contributed by atoms with van der Waals surface area (Å²) in [4.78, 5) is 7.03. The maximum Gasteiger partial charge on any atom is 0.133 e. The summed E-state index contributed by atoms with van der Waals surface area (Å²) in [6, 6.07) is 2.43. The monoisotopic (exact) mass is 288 g/mol. The summed E-state index contributed by atoms with van der Waals surface area (Å²) < 4.78 is 7.53. The van der Waals surface area contributed by atoms with Gasteiger partial charge in [-0.2, -0.15) is 0 Å². The number of rotatable bonds is 5. The zero-order valence-corrected chi connectivity index (χ0v) is 13.0. The topological polar surface area (TPSA) is 47.1 Å². The standard InChI is InChI=1S/C16H24N4O/c1-3-8-19-10-7-17-16(19)12-20-9-5-4-6-15(20)14-11-13(2)21-18-14/h7,10-11,15H,3-6,8-9,12H2,1-2H3/t15-/m0/s1. The molecule has 1 fully saturated rings. The fourth-order valence-corrected chi connectivity index (χ4v) is 3.18. The van der Waals surface area contributed by atoms with Crippen LogP contribution in [0.4, 0.5) is 0 Å². The third kappa shape index (κ3) is 3.18. The largest absolute Gasteiger partial charge is 0.361 e. The molecule has 1 aliphatic heterocycles. The predicted octanol–water partition coefficient (Wildman–Crippen LogP) is 3.32. The third-order valence-corrected chi connectivity index (χ3v) is 4.21. The summed E-state index contributed by atoms with van der Waals surface area (Å²) in [5.41, 5.74) is 1.07. The highest BCUT2D eigenvalue weighted by molar-refractivity contribution is 5.10. The maximum atomic E-state index is 5.27. The van der Waals surface area contributed by atoms with Crippen LogP contribution in [0.15, 0.2) is 23.0 Å². The minimum Gasteiger partial charge on any atom is -0.361 e. The molecule has 0 unspecified atom stereocenters. The molecule has 0 aromatic carbocycles. The van der Waals surface area contributed by atoms with Crippen molar-refractivity contribution in [1.82, 2.24) is 19.6 Å². The summed E-state index contributed by atoms with van der Waals surface area (Å²) in [6.45, 7) is 7.19. The van der Waals surface area contributed by atoms with E-state index in [1.807, 2.05) is 13.1 Å². The van der Waals surface area contributed by atoms with Gasteiger partial charge in [-0.1, -0.05) is 18.5 Å². The highest BCUT2D eigenvalue weighted by Crippen LogP contribution is 2.31. The lowest BCUT2D eigenvalue weighted by atomic mass is 9.99. The van der Waals surface area contributed by atoms with E-state index in [1.165, 1.54) is 12.8 Å². The van der Waals surface area contributed by atoms with Crippen LogP contribution in [-0.4, -0.2) is 26.2 Å². The average molecular weight is 288 g/mol. The molecule has 2 aromatic rings. The van der Waals surface area contributed by atoms with E-state index in [0.717, 1.165) is 49.8 Å². The molecule has 0 aliphatic carbocycles. The highest BCUT2D eigenvalue weighted by atomic mass is 16.5. The number of nitrogens with zero attached hydrogens (tertiary/aromatic N) is 4. The molecular weight excluding hydrogens is 264 g/mol. The Hall–Kier alpha value is -1.62. The molecule has 21 heavy (non-hydrogen) atoms. The summed E-state index contributed by atoms with van der Waals surface area (Å²) in [6.07, 6.45) is 8.79. The van der Waals surface area contributed by atoms with E-state index in [2.05, 4.69) is 38.8 Å². The molecule has 2 aromatic heterocycles. The SMILES string of the molecule is CCCn1ccnc1CN1CCCC[C@H]1c1cc(C)on1. The van der Waals surface area contributed by atoms with Crippen molar-refractivity contribution < 1.29 is 4.52 Å². The van der Waals surface area contributed by atoms with Crippen LogP contribution >= 0.6 is 0 Å². The predicted molar refractivity (Wildman–Crippen MR) is 80.8 cm³/mol. The van der Waals surface area contributed by atoms with Gasteiger partial charge in [0.05, 0.1) is 12.6 Å². The van der Waals surface area contributed by atoms with Crippen LogP contribution in [0.3, 0.4) is 0 Å². The van der Waals surface area contributed by atoms with Crippen LogP contribution in [0.25, 0.3) is 0 Å². The molecule has 0 spiro atoms. The Morgan fingerprint density at radius 1 is 1.38 bits per heavy atom. The average Bonchev–Trinajstić information content (AvgIpc) is 3.10. The normalized spacial score (nSPS) is 20.0. The zero-order chi connectivity index (χ0) is 14.7. The molecule has 1 saturated heterocycles. The van der Waals surface area contributed by atoms with Gasteiger partial charge in [0.1, 0.15) is 17.3 Å². The van der Waals surface area contributed by atoms with Gasteiger partial charge in [0.15, 0.2) is 0 Å². The molecule has 0 bridgehead atoms. The first-order chi connectivity index (χ1) is 10.3. The molecule has 0 N–H and O–H groups in total. The number of imidazole rings is 1. The Morgan fingerprint density at radius 2 is 2.29 bits per heavy atom. The van der Waals surface area contributed by atoms with E-state index in [4.69, 9.17) is 4.52 Å². The highest BCUT2D eigenvalue weighted by Gasteiger charge is 2.27. The number of piperidine rings is 1. The number of aromatic nitrogens is 3. The van der Waals surface area contributed by atoms with Gasteiger partial charge in [0.25, 0.3) is 0 Å². The Labute approximate surface area is 125 Å². The van der Waals surface area contributed by atoms with Gasteiger partial charge in [-0.15, -0.1) is 0 Å². The fraction of sp³-hybridized carbons (Fsp3) is 0.625. The van der Waals surface area contributed by atoms with Gasteiger partial charge in [-0.25, -0.2) is 4.98 Å². The van der Waals surface area contributed by atoms with Crippen molar-refractivity contribution in [3.8, 4) is 0 Å². The van der Waals surface area contributed by atoms with Crippen molar-refractivity contribution in [2.45, 2.75) is 58.7 Å².